The molecule has 0 atom stereocenters. The maximum Gasteiger partial charge on any atom is 0.248 e. The fourth-order valence-electron chi connectivity index (χ4n) is 0.823. The molecule has 0 unspecified atom stereocenters. The van der Waals surface area contributed by atoms with Crippen molar-refractivity contribution >= 4 is 11.9 Å². The van der Waals surface area contributed by atoms with Gasteiger partial charge in [0.15, 0.2) is 0 Å². The quantitative estimate of drug-likeness (QED) is 0.536. The summed E-state index contributed by atoms with van der Waals surface area (Å²) in [5, 5.41) is 9.82. The number of H-pyrrole nitrogens is 1. The Morgan fingerprint density at radius 1 is 1.73 bits per heavy atom. The molecule has 0 spiro atoms. The summed E-state index contributed by atoms with van der Waals surface area (Å²) in [4.78, 5) is 13.2. The van der Waals surface area contributed by atoms with E-state index in [1.54, 1.807) is 13.2 Å². The maximum atomic E-state index is 10.7. The van der Waals surface area contributed by atoms with Crippen molar-refractivity contribution in [1.82, 2.24) is 4.98 Å². The van der Waals surface area contributed by atoms with Crippen LogP contribution in [0, 0.1) is 5.41 Å². The predicted octanol–water partition coefficient (Wildman–Crippen LogP) is 0.414. The van der Waals surface area contributed by atoms with Crippen LogP contribution in [0.2, 0.25) is 0 Å². The molecule has 4 heteroatoms. The van der Waals surface area contributed by atoms with Crippen molar-refractivity contribution < 1.29 is 0 Å². The fraction of sp³-hybridized carbons (Fsp3) is 0.143. The molecule has 0 aromatic carbocycles. The fourth-order valence-corrected chi connectivity index (χ4v) is 0.823. The zero-order valence-corrected chi connectivity index (χ0v) is 6.14. The highest BCUT2D eigenvalue weighted by Crippen LogP contribution is 2.06. The summed E-state index contributed by atoms with van der Waals surface area (Å²) >= 11 is 0. The highest BCUT2D eigenvalue weighted by Gasteiger charge is 1.96. The van der Waals surface area contributed by atoms with Crippen molar-refractivity contribution in [2.24, 2.45) is 0 Å². The number of aromatic nitrogens is 1. The van der Waals surface area contributed by atoms with E-state index in [2.05, 4.69) is 10.3 Å². The van der Waals surface area contributed by atoms with Gasteiger partial charge in [-0.3, -0.25) is 4.79 Å². The molecular weight excluding hydrogens is 142 g/mol. The number of pyridine rings is 1. The standard InChI is InChI=1S/C7H9N3O/c1-9-6-4-10-7(11)2-5(6)3-8/h2-4,8-9H,1H3,(H,10,11). The largest absolute Gasteiger partial charge is 0.386 e. The third-order valence-electron chi connectivity index (χ3n) is 1.38. The average molecular weight is 151 g/mol. The minimum atomic E-state index is -0.192. The second kappa shape index (κ2) is 3.01. The molecule has 1 heterocycles. The van der Waals surface area contributed by atoms with Crippen molar-refractivity contribution in [3.05, 3.63) is 28.2 Å². The molecule has 1 aromatic rings. The molecule has 0 saturated carbocycles. The monoisotopic (exact) mass is 151 g/mol. The first-order valence-corrected chi connectivity index (χ1v) is 3.19. The second-order valence-electron chi connectivity index (χ2n) is 2.06. The van der Waals surface area contributed by atoms with Crippen LogP contribution in [0.1, 0.15) is 5.56 Å². The summed E-state index contributed by atoms with van der Waals surface area (Å²) in [6.07, 6.45) is 2.68. The lowest BCUT2D eigenvalue weighted by molar-refractivity contribution is 1.22. The van der Waals surface area contributed by atoms with Crippen molar-refractivity contribution in [1.29, 1.82) is 5.41 Å². The van der Waals surface area contributed by atoms with Crippen LogP contribution in [0.4, 0.5) is 5.69 Å². The molecule has 0 aliphatic heterocycles. The number of anilines is 1. The summed E-state index contributed by atoms with van der Waals surface area (Å²) in [5.41, 5.74) is 1.15. The van der Waals surface area contributed by atoms with Gasteiger partial charge in [0.25, 0.3) is 0 Å². The molecule has 0 saturated heterocycles. The van der Waals surface area contributed by atoms with Gasteiger partial charge in [-0.1, -0.05) is 0 Å². The van der Waals surface area contributed by atoms with Gasteiger partial charge in [0.2, 0.25) is 5.56 Å². The number of nitrogens with one attached hydrogen (secondary N) is 3. The van der Waals surface area contributed by atoms with E-state index < -0.39 is 0 Å². The van der Waals surface area contributed by atoms with Crippen LogP contribution < -0.4 is 10.9 Å². The average Bonchev–Trinajstić information content (AvgIpc) is 2.04. The topological polar surface area (TPSA) is 68.7 Å². The Balaban J connectivity index is 3.27. The van der Waals surface area contributed by atoms with Gasteiger partial charge in [0, 0.05) is 31.1 Å². The van der Waals surface area contributed by atoms with Crippen LogP contribution in [-0.4, -0.2) is 18.2 Å². The molecule has 58 valence electrons. The molecule has 1 aromatic heterocycles. The molecule has 0 amide bonds. The van der Waals surface area contributed by atoms with Crippen LogP contribution in [0.15, 0.2) is 17.1 Å². The molecule has 0 bridgehead atoms. The molecule has 0 aliphatic carbocycles. The third kappa shape index (κ3) is 1.46. The molecular formula is C7H9N3O. The zero-order valence-electron chi connectivity index (χ0n) is 6.14. The minimum Gasteiger partial charge on any atom is -0.386 e. The highest BCUT2D eigenvalue weighted by molar-refractivity contribution is 5.84. The van der Waals surface area contributed by atoms with Crippen LogP contribution >= 0.6 is 0 Å². The van der Waals surface area contributed by atoms with Gasteiger partial charge in [-0.05, 0) is 0 Å². The normalized spacial score (nSPS) is 9.18. The van der Waals surface area contributed by atoms with E-state index in [1.807, 2.05) is 0 Å². The Kier molecular flexibility index (Phi) is 2.06. The Bertz CT molecular complexity index is 316. The van der Waals surface area contributed by atoms with Crippen LogP contribution in [0.5, 0.6) is 0 Å². The Hall–Kier alpha value is -1.58. The van der Waals surface area contributed by atoms with E-state index >= 15 is 0 Å². The van der Waals surface area contributed by atoms with E-state index in [0.717, 1.165) is 11.9 Å². The van der Waals surface area contributed by atoms with Gasteiger partial charge >= 0.3 is 0 Å². The van der Waals surface area contributed by atoms with E-state index in [1.165, 1.54) is 6.07 Å². The number of hydrogen-bond acceptors (Lipinski definition) is 3. The lowest BCUT2D eigenvalue weighted by atomic mass is 10.2. The van der Waals surface area contributed by atoms with E-state index in [9.17, 15) is 4.79 Å². The van der Waals surface area contributed by atoms with Gasteiger partial charge in [-0.25, -0.2) is 0 Å². The summed E-state index contributed by atoms with van der Waals surface area (Å²) in [7, 11) is 1.74. The third-order valence-corrected chi connectivity index (χ3v) is 1.38. The maximum absolute atomic E-state index is 10.7. The predicted molar refractivity (Wildman–Crippen MR) is 44.5 cm³/mol. The summed E-state index contributed by atoms with van der Waals surface area (Å²) in [5.74, 6) is 0. The van der Waals surface area contributed by atoms with Crippen LogP contribution in [0.25, 0.3) is 0 Å². The van der Waals surface area contributed by atoms with E-state index in [-0.39, 0.29) is 5.56 Å². The van der Waals surface area contributed by atoms with Crippen molar-refractivity contribution in [3.63, 3.8) is 0 Å². The number of hydrogen-bond donors (Lipinski definition) is 3. The molecule has 1 rings (SSSR count). The first-order chi connectivity index (χ1) is 5.27. The first-order valence-electron chi connectivity index (χ1n) is 3.19. The van der Waals surface area contributed by atoms with Gasteiger partial charge in [0.05, 0.1) is 5.69 Å². The Labute approximate surface area is 63.8 Å². The molecule has 0 aliphatic rings. The lowest BCUT2D eigenvalue weighted by Crippen LogP contribution is -2.07. The van der Waals surface area contributed by atoms with E-state index in [0.29, 0.717) is 5.56 Å². The Morgan fingerprint density at radius 2 is 2.45 bits per heavy atom. The molecule has 11 heavy (non-hydrogen) atoms. The highest BCUT2D eigenvalue weighted by atomic mass is 16.1. The van der Waals surface area contributed by atoms with Crippen molar-refractivity contribution in [2.75, 3.05) is 12.4 Å². The van der Waals surface area contributed by atoms with Gasteiger partial charge in [-0.2, -0.15) is 0 Å². The summed E-state index contributed by atoms with van der Waals surface area (Å²) in [6, 6.07) is 1.37. The van der Waals surface area contributed by atoms with Crippen LogP contribution in [0.3, 0.4) is 0 Å². The minimum absolute atomic E-state index is 0.192. The van der Waals surface area contributed by atoms with Gasteiger partial charge in [0.1, 0.15) is 0 Å². The van der Waals surface area contributed by atoms with Gasteiger partial charge in [-0.15, -0.1) is 0 Å². The second-order valence-corrected chi connectivity index (χ2v) is 2.06. The summed E-state index contributed by atoms with van der Waals surface area (Å²) < 4.78 is 0. The number of rotatable bonds is 2. The van der Waals surface area contributed by atoms with Crippen molar-refractivity contribution in [3.8, 4) is 0 Å². The zero-order chi connectivity index (χ0) is 8.27. The summed E-state index contributed by atoms with van der Waals surface area (Å²) in [6.45, 7) is 0. The molecule has 4 nitrogen and oxygen atoms in total. The first kappa shape index (κ1) is 7.53. The smallest absolute Gasteiger partial charge is 0.248 e. The van der Waals surface area contributed by atoms with E-state index in [4.69, 9.17) is 5.41 Å². The molecule has 0 fully saturated rings. The Morgan fingerprint density at radius 3 is 3.00 bits per heavy atom. The van der Waals surface area contributed by atoms with Gasteiger partial charge < -0.3 is 15.7 Å². The van der Waals surface area contributed by atoms with Crippen LogP contribution in [-0.2, 0) is 0 Å². The van der Waals surface area contributed by atoms with Crippen molar-refractivity contribution in [2.45, 2.75) is 0 Å². The SMILES string of the molecule is CNc1c[nH]c(=O)cc1C=N. The molecule has 3 N–H and O–H groups in total. The lowest BCUT2D eigenvalue weighted by Gasteiger charge is -2.01. The number of aromatic amines is 1. The molecule has 0 radical (unpaired) electrons.